The third-order valence-electron chi connectivity index (χ3n) is 3.81. The minimum Gasteiger partial charge on any atom is -0.480 e. The highest BCUT2D eigenvalue weighted by Gasteiger charge is 2.18. The zero-order valence-corrected chi connectivity index (χ0v) is 16.2. The van der Waals surface area contributed by atoms with E-state index in [4.69, 9.17) is 10.2 Å². The van der Waals surface area contributed by atoms with Crippen molar-refractivity contribution in [2.45, 2.75) is 0 Å². The van der Waals surface area contributed by atoms with Crippen LogP contribution in [0.1, 0.15) is 0 Å². The first-order valence-corrected chi connectivity index (χ1v) is 8.67. The first kappa shape index (κ1) is 25.4. The van der Waals surface area contributed by atoms with Gasteiger partial charge >= 0.3 is 11.9 Å². The Morgan fingerprint density at radius 2 is 1.11 bits per heavy atom. The summed E-state index contributed by atoms with van der Waals surface area (Å²) in [5, 5.41) is 22.9. The third kappa shape index (κ3) is 12.7. The molecule has 4 N–H and O–H groups in total. The molecule has 0 saturated heterocycles. The number of hydrogen-bond donors (Lipinski definition) is 4. The van der Waals surface area contributed by atoms with Gasteiger partial charge in [-0.05, 0) is 0 Å². The molecule has 0 radical (unpaired) electrons. The van der Waals surface area contributed by atoms with Crippen molar-refractivity contribution in [2.24, 2.45) is 0 Å². The summed E-state index contributed by atoms with van der Waals surface area (Å²) < 4.78 is 0. The zero-order valence-electron chi connectivity index (χ0n) is 16.2. The van der Waals surface area contributed by atoms with E-state index in [-0.39, 0.29) is 70.7 Å². The monoisotopic (exact) mass is 403 g/mol. The molecule has 0 spiro atoms. The fraction of sp³-hybridized carbons (Fsp3) is 0.688. The van der Waals surface area contributed by atoms with Crippen molar-refractivity contribution in [3.8, 4) is 0 Å². The molecule has 0 aromatic heterocycles. The van der Waals surface area contributed by atoms with Gasteiger partial charge in [-0.2, -0.15) is 0 Å². The maximum atomic E-state index is 11.5. The Morgan fingerprint density at radius 1 is 0.714 bits per heavy atom. The number of aliphatic carboxylic acids is 2. The SMILES string of the molecule is CNC(=O)CN(CC=O)CCN(CCN(CC(=O)O)CC(=O)NC)CC(=O)O. The van der Waals surface area contributed by atoms with Gasteiger partial charge in [0.1, 0.15) is 6.29 Å². The summed E-state index contributed by atoms with van der Waals surface area (Å²) in [6.07, 6.45) is 0.655. The highest BCUT2D eigenvalue weighted by molar-refractivity contribution is 5.79. The number of aldehydes is 1. The summed E-state index contributed by atoms with van der Waals surface area (Å²) in [4.78, 5) is 60.4. The van der Waals surface area contributed by atoms with Crippen LogP contribution in [0.2, 0.25) is 0 Å². The van der Waals surface area contributed by atoms with E-state index in [1.807, 2.05) is 0 Å². The van der Waals surface area contributed by atoms with Gasteiger partial charge in [0.05, 0.1) is 32.7 Å². The summed E-state index contributed by atoms with van der Waals surface area (Å²) in [6, 6.07) is 0. The second-order valence-electron chi connectivity index (χ2n) is 6.02. The summed E-state index contributed by atoms with van der Waals surface area (Å²) in [7, 11) is 2.91. The standard InChI is InChI=1S/C16H29N5O7/c1-17-13(23)9-20(7-8-22)4-3-19(11-15(25)26)5-6-21(12-16(27)28)10-14(24)18-2/h8H,3-7,9-12H2,1-2H3,(H,17,23)(H,18,24)(H,25,26)(H,27,28). The van der Waals surface area contributed by atoms with Gasteiger partial charge < -0.3 is 25.6 Å². The predicted molar refractivity (Wildman–Crippen MR) is 98.8 cm³/mol. The van der Waals surface area contributed by atoms with Crippen molar-refractivity contribution in [3.63, 3.8) is 0 Å². The highest BCUT2D eigenvalue weighted by Crippen LogP contribution is 1.96. The quantitative estimate of drug-likeness (QED) is 0.193. The van der Waals surface area contributed by atoms with Crippen molar-refractivity contribution in [1.82, 2.24) is 25.3 Å². The molecule has 0 saturated carbocycles. The van der Waals surface area contributed by atoms with E-state index in [9.17, 15) is 24.0 Å². The largest absolute Gasteiger partial charge is 0.480 e. The lowest BCUT2D eigenvalue weighted by molar-refractivity contribution is -0.140. The molecule has 0 rings (SSSR count). The predicted octanol–water partition coefficient (Wildman–Crippen LogP) is -3.25. The van der Waals surface area contributed by atoms with Gasteiger partial charge in [-0.1, -0.05) is 0 Å². The summed E-state index contributed by atoms with van der Waals surface area (Å²) in [5.41, 5.74) is 0. The van der Waals surface area contributed by atoms with Gasteiger partial charge in [0.25, 0.3) is 0 Å². The number of amides is 2. The van der Waals surface area contributed by atoms with Crippen LogP contribution in [0.25, 0.3) is 0 Å². The van der Waals surface area contributed by atoms with Crippen molar-refractivity contribution in [2.75, 3.05) is 73.0 Å². The lowest BCUT2D eigenvalue weighted by Gasteiger charge is -2.27. The van der Waals surface area contributed by atoms with Crippen LogP contribution in [0.5, 0.6) is 0 Å². The Bertz CT molecular complexity index is 543. The number of likely N-dealkylation sites (N-methyl/N-ethyl adjacent to an activating group) is 2. The van der Waals surface area contributed by atoms with E-state index < -0.39 is 11.9 Å². The van der Waals surface area contributed by atoms with Gasteiger partial charge in [-0.15, -0.1) is 0 Å². The van der Waals surface area contributed by atoms with Crippen LogP contribution in [-0.4, -0.2) is 128 Å². The normalized spacial score (nSPS) is 10.9. The van der Waals surface area contributed by atoms with E-state index in [2.05, 4.69) is 10.6 Å². The van der Waals surface area contributed by atoms with Gasteiger partial charge in [-0.25, -0.2) is 0 Å². The molecule has 0 aromatic rings. The Balaban J connectivity index is 4.86. The number of nitrogens with one attached hydrogen (secondary N) is 2. The second kappa shape index (κ2) is 14.5. The molecule has 160 valence electrons. The average molecular weight is 403 g/mol. The fourth-order valence-corrected chi connectivity index (χ4v) is 2.34. The molecule has 0 bridgehead atoms. The number of rotatable bonds is 16. The fourth-order valence-electron chi connectivity index (χ4n) is 2.34. The number of carboxylic acids is 2. The first-order valence-electron chi connectivity index (χ1n) is 8.67. The minimum atomic E-state index is -1.10. The molecule has 0 aliphatic carbocycles. The summed E-state index contributed by atoms with van der Waals surface area (Å²) in [5.74, 6) is -2.79. The Morgan fingerprint density at radius 3 is 1.54 bits per heavy atom. The van der Waals surface area contributed by atoms with Crippen LogP contribution < -0.4 is 10.6 Å². The summed E-state index contributed by atoms with van der Waals surface area (Å²) in [6.45, 7) is 0.122. The number of carbonyl (C=O) groups is 5. The van der Waals surface area contributed by atoms with Crippen molar-refractivity contribution >= 4 is 30.0 Å². The van der Waals surface area contributed by atoms with Gasteiger partial charge in [-0.3, -0.25) is 33.9 Å². The lowest BCUT2D eigenvalue weighted by atomic mass is 10.3. The molecule has 0 aliphatic heterocycles. The summed E-state index contributed by atoms with van der Waals surface area (Å²) >= 11 is 0. The second-order valence-corrected chi connectivity index (χ2v) is 6.02. The highest BCUT2D eigenvalue weighted by atomic mass is 16.4. The van der Waals surface area contributed by atoms with E-state index in [1.165, 1.54) is 19.0 Å². The molecule has 28 heavy (non-hydrogen) atoms. The minimum absolute atomic E-state index is 0.00202. The van der Waals surface area contributed by atoms with Crippen LogP contribution in [0.4, 0.5) is 0 Å². The molecule has 0 fully saturated rings. The zero-order chi connectivity index (χ0) is 21.5. The van der Waals surface area contributed by atoms with E-state index in [0.29, 0.717) is 6.29 Å². The van der Waals surface area contributed by atoms with Gasteiger partial charge in [0.2, 0.25) is 11.8 Å². The number of hydrogen-bond acceptors (Lipinski definition) is 8. The molecule has 12 heteroatoms. The molecule has 0 aliphatic rings. The maximum absolute atomic E-state index is 11.5. The third-order valence-corrected chi connectivity index (χ3v) is 3.81. The topological polar surface area (TPSA) is 160 Å². The Labute approximate surface area is 163 Å². The average Bonchev–Trinajstić information content (AvgIpc) is 2.62. The van der Waals surface area contributed by atoms with Crippen LogP contribution >= 0.6 is 0 Å². The van der Waals surface area contributed by atoms with Crippen LogP contribution in [0.15, 0.2) is 0 Å². The van der Waals surface area contributed by atoms with E-state index in [0.717, 1.165) is 0 Å². The molecule has 12 nitrogen and oxygen atoms in total. The van der Waals surface area contributed by atoms with E-state index >= 15 is 0 Å². The first-order chi connectivity index (χ1) is 13.2. The smallest absolute Gasteiger partial charge is 0.317 e. The molecular formula is C16H29N5O7. The van der Waals surface area contributed by atoms with Crippen LogP contribution in [0.3, 0.4) is 0 Å². The molecule has 0 unspecified atom stereocenters. The van der Waals surface area contributed by atoms with Crippen molar-refractivity contribution in [3.05, 3.63) is 0 Å². The van der Waals surface area contributed by atoms with E-state index in [1.54, 1.807) is 9.80 Å². The van der Waals surface area contributed by atoms with Crippen molar-refractivity contribution in [1.29, 1.82) is 0 Å². The molecule has 0 aromatic carbocycles. The van der Waals surface area contributed by atoms with Gasteiger partial charge in [0.15, 0.2) is 0 Å². The number of nitrogens with zero attached hydrogens (tertiary/aromatic N) is 3. The molecule has 2 amide bonds. The van der Waals surface area contributed by atoms with Crippen molar-refractivity contribution < 1.29 is 34.2 Å². The molecule has 0 atom stereocenters. The number of carbonyl (C=O) groups excluding carboxylic acids is 3. The Hall–Kier alpha value is -2.57. The van der Waals surface area contributed by atoms with Crippen LogP contribution in [0, 0.1) is 0 Å². The lowest BCUT2D eigenvalue weighted by Crippen LogP contribution is -2.46. The molecular weight excluding hydrogens is 374 g/mol. The number of carboxylic acid groups (broad SMARTS) is 2. The maximum Gasteiger partial charge on any atom is 0.317 e. The molecule has 0 heterocycles. The Kier molecular flexibility index (Phi) is 13.2. The van der Waals surface area contributed by atoms with Gasteiger partial charge in [0, 0.05) is 40.3 Å². The van der Waals surface area contributed by atoms with Crippen LogP contribution in [-0.2, 0) is 24.0 Å².